The second kappa shape index (κ2) is 7.98. The Morgan fingerprint density at radius 1 is 1.07 bits per heavy atom. The lowest BCUT2D eigenvalue weighted by atomic mass is 10.1. The van der Waals surface area contributed by atoms with E-state index in [1.165, 1.54) is 11.8 Å². The van der Waals surface area contributed by atoms with Crippen molar-refractivity contribution in [2.75, 3.05) is 6.61 Å². The van der Waals surface area contributed by atoms with Crippen molar-refractivity contribution in [3.63, 3.8) is 0 Å². The van der Waals surface area contributed by atoms with E-state index in [2.05, 4.69) is 27.8 Å². The first-order valence-electron chi connectivity index (χ1n) is 9.22. The van der Waals surface area contributed by atoms with E-state index in [1.807, 2.05) is 48.5 Å². The largest absolute Gasteiger partial charge is 0.465 e. The molecule has 28 heavy (non-hydrogen) atoms. The van der Waals surface area contributed by atoms with Crippen LogP contribution < -0.4 is 0 Å². The molecule has 2 heterocycles. The van der Waals surface area contributed by atoms with Crippen LogP contribution in [0, 0.1) is 0 Å². The Balaban J connectivity index is 1.77. The highest BCUT2D eigenvalue weighted by Crippen LogP contribution is 2.35. The third kappa shape index (κ3) is 3.33. The molecule has 0 unspecified atom stereocenters. The van der Waals surface area contributed by atoms with Crippen LogP contribution in [-0.4, -0.2) is 32.3 Å². The average molecular weight is 392 g/mol. The summed E-state index contributed by atoms with van der Waals surface area (Å²) in [6.07, 6.45) is 0. The quantitative estimate of drug-likeness (QED) is 0.358. The van der Waals surface area contributed by atoms with E-state index in [1.54, 1.807) is 6.92 Å². The molecule has 0 saturated carbocycles. The lowest BCUT2D eigenvalue weighted by molar-refractivity contribution is -0.142. The fourth-order valence-electron chi connectivity index (χ4n) is 3.26. The minimum Gasteiger partial charge on any atom is -0.465 e. The molecule has 0 radical (unpaired) electrons. The number of esters is 1. The van der Waals surface area contributed by atoms with E-state index in [4.69, 9.17) is 9.72 Å². The van der Waals surface area contributed by atoms with Crippen molar-refractivity contribution < 1.29 is 9.53 Å². The number of hydrogen-bond donors (Lipinski definition) is 0. The molecule has 0 spiro atoms. The van der Waals surface area contributed by atoms with Crippen molar-refractivity contribution in [1.82, 2.24) is 19.7 Å². The first kappa shape index (κ1) is 18.4. The summed E-state index contributed by atoms with van der Waals surface area (Å²) in [7, 11) is 0. The van der Waals surface area contributed by atoms with Crippen LogP contribution in [0.1, 0.15) is 24.7 Å². The van der Waals surface area contributed by atoms with Gasteiger partial charge in [0, 0.05) is 11.9 Å². The standard InChI is InChI=1S/C21H20N4O2S/c1-3-25-16-13-9-8-12-15(16)17-19(25)22-21(24-23-17)28-18(20(26)27-4-2)14-10-6-5-7-11-14/h5-13,18H,3-4H2,1-2H3/t18-/m1/s1. The van der Waals surface area contributed by atoms with Gasteiger partial charge in [0.05, 0.1) is 12.1 Å². The van der Waals surface area contributed by atoms with Gasteiger partial charge in [0.1, 0.15) is 10.8 Å². The molecule has 142 valence electrons. The molecule has 4 aromatic rings. The SMILES string of the molecule is CCOC(=O)[C@H](Sc1nnc2c3ccccc3n(CC)c2n1)c1ccccc1. The summed E-state index contributed by atoms with van der Waals surface area (Å²) >= 11 is 1.26. The number of nitrogens with zero attached hydrogens (tertiary/aromatic N) is 4. The highest BCUT2D eigenvalue weighted by Gasteiger charge is 2.25. The van der Waals surface area contributed by atoms with Gasteiger partial charge in [-0.3, -0.25) is 4.79 Å². The molecule has 0 aliphatic carbocycles. The van der Waals surface area contributed by atoms with Gasteiger partial charge >= 0.3 is 5.97 Å². The Labute approximate surface area is 166 Å². The van der Waals surface area contributed by atoms with Gasteiger partial charge in [-0.2, -0.15) is 0 Å². The van der Waals surface area contributed by atoms with Crippen LogP contribution in [0.5, 0.6) is 0 Å². The van der Waals surface area contributed by atoms with Crippen LogP contribution >= 0.6 is 11.8 Å². The van der Waals surface area contributed by atoms with E-state index < -0.39 is 5.25 Å². The molecule has 4 rings (SSSR count). The number of hydrogen-bond acceptors (Lipinski definition) is 6. The first-order valence-corrected chi connectivity index (χ1v) is 10.1. The number of aryl methyl sites for hydroxylation is 1. The van der Waals surface area contributed by atoms with Crippen LogP contribution in [0.4, 0.5) is 0 Å². The molecular formula is C21H20N4O2S. The number of fused-ring (bicyclic) bond motifs is 3. The van der Waals surface area contributed by atoms with Gasteiger partial charge < -0.3 is 9.30 Å². The van der Waals surface area contributed by atoms with Crippen LogP contribution in [-0.2, 0) is 16.1 Å². The lowest BCUT2D eigenvalue weighted by Crippen LogP contribution is -2.14. The van der Waals surface area contributed by atoms with Gasteiger partial charge in [-0.1, -0.05) is 60.3 Å². The van der Waals surface area contributed by atoms with Crippen molar-refractivity contribution >= 4 is 39.8 Å². The van der Waals surface area contributed by atoms with Gasteiger partial charge in [0.15, 0.2) is 5.65 Å². The van der Waals surface area contributed by atoms with E-state index in [-0.39, 0.29) is 5.97 Å². The molecule has 7 heteroatoms. The molecule has 1 atom stereocenters. The molecule has 0 amide bonds. The zero-order valence-corrected chi connectivity index (χ0v) is 16.5. The zero-order chi connectivity index (χ0) is 19.5. The fraction of sp³-hybridized carbons (Fsp3) is 0.238. The Kier molecular flexibility index (Phi) is 5.25. The summed E-state index contributed by atoms with van der Waals surface area (Å²) in [4.78, 5) is 17.3. The summed E-state index contributed by atoms with van der Waals surface area (Å²) in [6, 6.07) is 17.6. The molecule has 0 N–H and O–H groups in total. The van der Waals surface area contributed by atoms with Crippen LogP contribution in [0.3, 0.4) is 0 Å². The number of thioether (sulfide) groups is 1. The molecule has 0 saturated heterocycles. The lowest BCUT2D eigenvalue weighted by Gasteiger charge is -2.14. The first-order chi connectivity index (χ1) is 13.7. The van der Waals surface area contributed by atoms with Crippen molar-refractivity contribution in [3.05, 3.63) is 60.2 Å². The molecule has 0 bridgehead atoms. The summed E-state index contributed by atoms with van der Waals surface area (Å²) in [5.41, 5.74) is 3.48. The zero-order valence-electron chi connectivity index (χ0n) is 15.7. The Morgan fingerprint density at radius 3 is 2.57 bits per heavy atom. The van der Waals surface area contributed by atoms with Gasteiger partial charge in [0.2, 0.25) is 5.16 Å². The summed E-state index contributed by atoms with van der Waals surface area (Å²) in [6.45, 7) is 4.97. The predicted molar refractivity (Wildman–Crippen MR) is 110 cm³/mol. The maximum absolute atomic E-state index is 12.6. The van der Waals surface area contributed by atoms with Gasteiger partial charge in [-0.15, -0.1) is 10.2 Å². The second-order valence-corrected chi connectivity index (χ2v) is 7.26. The average Bonchev–Trinajstić information content (AvgIpc) is 3.05. The minimum atomic E-state index is -0.542. The number of carbonyl (C=O) groups excluding carboxylic acids is 1. The minimum absolute atomic E-state index is 0.307. The maximum Gasteiger partial charge on any atom is 0.324 e. The normalized spacial score (nSPS) is 12.4. The Bertz CT molecular complexity index is 1130. The van der Waals surface area contributed by atoms with Crippen molar-refractivity contribution in [2.24, 2.45) is 0 Å². The molecule has 6 nitrogen and oxygen atoms in total. The predicted octanol–water partition coefficient (Wildman–Crippen LogP) is 4.40. The molecule has 0 fully saturated rings. The monoisotopic (exact) mass is 392 g/mol. The molecule has 0 aliphatic rings. The molecule has 0 aliphatic heterocycles. The highest BCUT2D eigenvalue weighted by atomic mass is 32.2. The second-order valence-electron chi connectivity index (χ2n) is 6.19. The van der Waals surface area contributed by atoms with E-state index in [9.17, 15) is 4.79 Å². The van der Waals surface area contributed by atoms with Crippen molar-refractivity contribution in [3.8, 4) is 0 Å². The van der Waals surface area contributed by atoms with Gasteiger partial charge in [0.25, 0.3) is 0 Å². The third-order valence-corrected chi connectivity index (χ3v) is 5.58. The van der Waals surface area contributed by atoms with E-state index in [0.717, 1.165) is 34.2 Å². The summed E-state index contributed by atoms with van der Waals surface area (Å²) in [5, 5.41) is 9.65. The van der Waals surface area contributed by atoms with Crippen LogP contribution in [0.2, 0.25) is 0 Å². The number of carbonyl (C=O) groups is 1. The number of rotatable bonds is 6. The van der Waals surface area contributed by atoms with Crippen LogP contribution in [0.15, 0.2) is 59.8 Å². The number of ether oxygens (including phenoxy) is 1. The topological polar surface area (TPSA) is 69.9 Å². The summed E-state index contributed by atoms with van der Waals surface area (Å²) < 4.78 is 7.39. The molecule has 2 aromatic carbocycles. The third-order valence-electron chi connectivity index (χ3n) is 4.50. The van der Waals surface area contributed by atoms with Crippen molar-refractivity contribution in [2.45, 2.75) is 30.8 Å². The number of para-hydroxylation sites is 1. The van der Waals surface area contributed by atoms with Gasteiger partial charge in [-0.05, 0) is 25.5 Å². The fourth-order valence-corrected chi connectivity index (χ4v) is 4.16. The van der Waals surface area contributed by atoms with Crippen molar-refractivity contribution in [1.29, 1.82) is 0 Å². The Hall–Kier alpha value is -2.93. The summed E-state index contributed by atoms with van der Waals surface area (Å²) in [5.74, 6) is -0.307. The number of benzene rings is 2. The van der Waals surface area contributed by atoms with Gasteiger partial charge in [-0.25, -0.2) is 4.98 Å². The van der Waals surface area contributed by atoms with E-state index >= 15 is 0 Å². The van der Waals surface area contributed by atoms with E-state index in [0.29, 0.717) is 11.8 Å². The molecular weight excluding hydrogens is 372 g/mol. The number of aromatic nitrogens is 4. The smallest absolute Gasteiger partial charge is 0.324 e. The molecule has 2 aromatic heterocycles. The van der Waals surface area contributed by atoms with Crippen LogP contribution in [0.25, 0.3) is 22.1 Å². The maximum atomic E-state index is 12.6. The highest BCUT2D eigenvalue weighted by molar-refractivity contribution is 8.00. The Morgan fingerprint density at radius 2 is 1.82 bits per heavy atom.